The third-order valence-corrected chi connectivity index (χ3v) is 2.77. The van der Waals surface area contributed by atoms with Crippen molar-refractivity contribution < 1.29 is 9.47 Å². The van der Waals surface area contributed by atoms with E-state index >= 15 is 0 Å². The fraction of sp³-hybridized carbons (Fsp3) is 0.643. The summed E-state index contributed by atoms with van der Waals surface area (Å²) in [6, 6.07) is 4.19. The first-order chi connectivity index (χ1) is 8.77. The maximum Gasteiger partial charge on any atom is 0.137 e. The van der Waals surface area contributed by atoms with Crippen molar-refractivity contribution >= 4 is 0 Å². The molecule has 0 aliphatic heterocycles. The largest absolute Gasteiger partial charge is 0.490 e. The van der Waals surface area contributed by atoms with E-state index in [2.05, 4.69) is 24.1 Å². The number of hydrogen-bond acceptors (Lipinski definition) is 4. The Morgan fingerprint density at radius 2 is 2.11 bits per heavy atom. The van der Waals surface area contributed by atoms with E-state index in [1.807, 2.05) is 19.2 Å². The smallest absolute Gasteiger partial charge is 0.137 e. The zero-order chi connectivity index (χ0) is 13.2. The van der Waals surface area contributed by atoms with Gasteiger partial charge in [-0.25, -0.2) is 0 Å². The molecule has 1 rings (SSSR count). The highest BCUT2D eigenvalue weighted by molar-refractivity contribution is 5.21. The van der Waals surface area contributed by atoms with Gasteiger partial charge < -0.3 is 14.8 Å². The lowest BCUT2D eigenvalue weighted by Gasteiger charge is -2.10. The van der Waals surface area contributed by atoms with Gasteiger partial charge in [0.1, 0.15) is 12.4 Å². The molecule has 4 nitrogen and oxygen atoms in total. The molecule has 0 aromatic carbocycles. The van der Waals surface area contributed by atoms with Crippen molar-refractivity contribution in [2.75, 3.05) is 26.9 Å². The summed E-state index contributed by atoms with van der Waals surface area (Å²) in [5.74, 6) is 0.793. The van der Waals surface area contributed by atoms with Crippen LogP contribution in [0.15, 0.2) is 18.3 Å². The molecule has 0 radical (unpaired) electrons. The molecule has 4 heteroatoms. The lowest BCUT2D eigenvalue weighted by molar-refractivity contribution is 0.0979. The van der Waals surface area contributed by atoms with Crippen LogP contribution in [0.4, 0.5) is 0 Å². The van der Waals surface area contributed by atoms with Crippen molar-refractivity contribution in [3.63, 3.8) is 0 Å². The van der Waals surface area contributed by atoms with Crippen LogP contribution in [0.3, 0.4) is 0 Å². The van der Waals surface area contributed by atoms with Crippen molar-refractivity contribution in [3.05, 3.63) is 24.0 Å². The maximum atomic E-state index is 5.55. The summed E-state index contributed by atoms with van der Waals surface area (Å²) >= 11 is 0. The van der Waals surface area contributed by atoms with E-state index in [1.54, 1.807) is 6.20 Å². The molecule has 0 fully saturated rings. The summed E-state index contributed by atoms with van der Waals surface area (Å²) in [5, 5.41) is 3.15. The molecule has 0 spiro atoms. The Labute approximate surface area is 110 Å². The van der Waals surface area contributed by atoms with Crippen LogP contribution in [0.25, 0.3) is 0 Å². The van der Waals surface area contributed by atoms with Crippen LogP contribution in [0.5, 0.6) is 5.75 Å². The van der Waals surface area contributed by atoms with E-state index < -0.39 is 0 Å². The molecule has 1 atom stereocenters. The minimum absolute atomic E-state index is 0.261. The number of ether oxygens (including phenoxy) is 2. The van der Waals surface area contributed by atoms with E-state index in [0.717, 1.165) is 30.9 Å². The average molecular weight is 252 g/mol. The molecule has 0 saturated carbocycles. The van der Waals surface area contributed by atoms with E-state index in [9.17, 15) is 0 Å². The lowest BCUT2D eigenvalue weighted by atomic mass is 10.2. The van der Waals surface area contributed by atoms with Crippen LogP contribution < -0.4 is 10.1 Å². The molecule has 1 unspecified atom stereocenters. The van der Waals surface area contributed by atoms with E-state index in [0.29, 0.717) is 13.2 Å². The van der Waals surface area contributed by atoms with Gasteiger partial charge in [0, 0.05) is 12.6 Å². The standard InChI is InChI=1S/C14H24N2O2/c1-4-5-8-17-9-10-18-13-6-7-14(16-11-13)12(2)15-3/h6-7,11-12,15H,4-5,8-10H2,1-3H3. The predicted octanol–water partition coefficient (Wildman–Crippen LogP) is 2.56. The maximum absolute atomic E-state index is 5.55. The van der Waals surface area contributed by atoms with Crippen LogP contribution in [-0.2, 0) is 4.74 Å². The first-order valence-corrected chi connectivity index (χ1v) is 6.61. The minimum atomic E-state index is 0.261. The van der Waals surface area contributed by atoms with Gasteiger partial charge in [0.25, 0.3) is 0 Å². The summed E-state index contributed by atoms with van der Waals surface area (Å²) in [6.45, 7) is 6.25. The van der Waals surface area contributed by atoms with Crippen LogP contribution in [0, 0.1) is 0 Å². The SMILES string of the molecule is CCCCOCCOc1ccc(C(C)NC)nc1. The van der Waals surface area contributed by atoms with E-state index in [4.69, 9.17) is 9.47 Å². The molecule has 0 aliphatic rings. The third-order valence-electron chi connectivity index (χ3n) is 2.77. The number of hydrogen-bond donors (Lipinski definition) is 1. The monoisotopic (exact) mass is 252 g/mol. The van der Waals surface area contributed by atoms with Crippen LogP contribution in [0.2, 0.25) is 0 Å². The fourth-order valence-electron chi connectivity index (χ4n) is 1.45. The number of nitrogens with zero attached hydrogens (tertiary/aromatic N) is 1. The molecule has 1 aromatic rings. The van der Waals surface area contributed by atoms with Gasteiger partial charge in [-0.15, -0.1) is 0 Å². The van der Waals surface area contributed by atoms with Crippen molar-refractivity contribution in [2.24, 2.45) is 0 Å². The van der Waals surface area contributed by atoms with Gasteiger partial charge in [0.2, 0.25) is 0 Å². The Kier molecular flexibility index (Phi) is 7.37. The van der Waals surface area contributed by atoms with E-state index in [-0.39, 0.29) is 6.04 Å². The van der Waals surface area contributed by atoms with Gasteiger partial charge in [-0.1, -0.05) is 13.3 Å². The van der Waals surface area contributed by atoms with Crippen molar-refractivity contribution in [1.29, 1.82) is 0 Å². The van der Waals surface area contributed by atoms with E-state index in [1.165, 1.54) is 0 Å². The van der Waals surface area contributed by atoms with Crippen LogP contribution in [0.1, 0.15) is 38.4 Å². The Hall–Kier alpha value is -1.13. The highest BCUT2D eigenvalue weighted by Crippen LogP contribution is 2.13. The molecule has 1 aromatic heterocycles. The Balaban J connectivity index is 2.22. The normalized spacial score (nSPS) is 12.4. The minimum Gasteiger partial charge on any atom is -0.490 e. The van der Waals surface area contributed by atoms with Crippen molar-refractivity contribution in [3.8, 4) is 5.75 Å². The predicted molar refractivity (Wildman–Crippen MR) is 72.9 cm³/mol. The Morgan fingerprint density at radius 1 is 1.28 bits per heavy atom. The molecular formula is C14H24N2O2. The topological polar surface area (TPSA) is 43.4 Å². The van der Waals surface area contributed by atoms with Crippen LogP contribution in [-0.4, -0.2) is 31.9 Å². The van der Waals surface area contributed by atoms with Gasteiger partial charge in [0.05, 0.1) is 18.5 Å². The lowest BCUT2D eigenvalue weighted by Crippen LogP contribution is -2.13. The molecule has 0 bridgehead atoms. The zero-order valence-electron chi connectivity index (χ0n) is 11.6. The van der Waals surface area contributed by atoms with Crippen LogP contribution >= 0.6 is 0 Å². The van der Waals surface area contributed by atoms with Crippen molar-refractivity contribution in [1.82, 2.24) is 10.3 Å². The van der Waals surface area contributed by atoms with Gasteiger partial charge in [-0.05, 0) is 32.5 Å². The second-order valence-corrected chi connectivity index (χ2v) is 4.24. The number of aromatic nitrogens is 1. The summed E-state index contributed by atoms with van der Waals surface area (Å²) in [7, 11) is 1.92. The summed E-state index contributed by atoms with van der Waals surface area (Å²) in [4.78, 5) is 4.35. The zero-order valence-corrected chi connectivity index (χ0v) is 11.6. The Morgan fingerprint density at radius 3 is 2.72 bits per heavy atom. The quantitative estimate of drug-likeness (QED) is 0.686. The second kappa shape index (κ2) is 8.89. The molecule has 1 heterocycles. The summed E-state index contributed by atoms with van der Waals surface area (Å²) < 4.78 is 11.0. The summed E-state index contributed by atoms with van der Waals surface area (Å²) in [5.41, 5.74) is 1.02. The molecular weight excluding hydrogens is 228 g/mol. The number of rotatable bonds is 9. The van der Waals surface area contributed by atoms with Gasteiger partial charge in [0.15, 0.2) is 0 Å². The average Bonchev–Trinajstić information content (AvgIpc) is 2.42. The van der Waals surface area contributed by atoms with Crippen molar-refractivity contribution in [2.45, 2.75) is 32.7 Å². The fourth-order valence-corrected chi connectivity index (χ4v) is 1.45. The molecule has 0 saturated heterocycles. The summed E-state index contributed by atoms with van der Waals surface area (Å²) in [6.07, 6.45) is 4.03. The number of nitrogens with one attached hydrogen (secondary N) is 1. The molecule has 18 heavy (non-hydrogen) atoms. The number of pyridine rings is 1. The first-order valence-electron chi connectivity index (χ1n) is 6.61. The first kappa shape index (κ1) is 14.9. The molecule has 0 aliphatic carbocycles. The van der Waals surface area contributed by atoms with Gasteiger partial charge >= 0.3 is 0 Å². The highest BCUT2D eigenvalue weighted by Gasteiger charge is 2.03. The third kappa shape index (κ3) is 5.47. The Bertz CT molecular complexity index is 314. The van der Waals surface area contributed by atoms with Gasteiger partial charge in [-0.3, -0.25) is 4.98 Å². The van der Waals surface area contributed by atoms with Gasteiger partial charge in [-0.2, -0.15) is 0 Å². The highest BCUT2D eigenvalue weighted by atomic mass is 16.5. The molecule has 0 amide bonds. The second-order valence-electron chi connectivity index (χ2n) is 4.24. The number of unbranched alkanes of at least 4 members (excludes halogenated alkanes) is 1. The molecule has 102 valence electrons. The molecule has 1 N–H and O–H groups in total.